The molecule has 23 heavy (non-hydrogen) atoms. The molecule has 7 heteroatoms. The number of benzene rings is 2. The van der Waals surface area contributed by atoms with Gasteiger partial charge in [-0.05, 0) is 18.2 Å². The molecule has 0 fully saturated rings. The van der Waals surface area contributed by atoms with Crippen LogP contribution in [0, 0.1) is 0 Å². The highest BCUT2D eigenvalue weighted by Crippen LogP contribution is 2.33. The first-order valence-corrected chi connectivity index (χ1v) is 8.49. The Balaban J connectivity index is 1.61. The predicted molar refractivity (Wildman–Crippen MR) is 91.7 cm³/mol. The first kappa shape index (κ1) is 14.1. The van der Waals surface area contributed by atoms with Crippen LogP contribution in [0.2, 0.25) is 0 Å². The standard InChI is InChI=1S/C16H10N4OS2/c21-14-13(11-8-4-5-9-12(11)17-14)18-15-19-20-16(23-15)22-10-6-2-1-3-7-10/h1-9H,(H,17,18,19,21). The van der Waals surface area contributed by atoms with Gasteiger partial charge in [0.25, 0.3) is 5.91 Å². The molecule has 0 bridgehead atoms. The predicted octanol–water partition coefficient (Wildman–Crippen LogP) is 3.76. The molecule has 0 saturated carbocycles. The summed E-state index contributed by atoms with van der Waals surface area (Å²) >= 11 is 2.89. The number of carbonyl (C=O) groups is 1. The Labute approximate surface area is 140 Å². The number of hydrogen-bond acceptors (Lipinski definition) is 6. The van der Waals surface area contributed by atoms with Crippen LogP contribution in [0.5, 0.6) is 0 Å². The van der Waals surface area contributed by atoms with Gasteiger partial charge in [0, 0.05) is 10.5 Å². The Hall–Kier alpha value is -2.51. The van der Waals surface area contributed by atoms with Gasteiger partial charge in [-0.3, -0.25) is 4.79 Å². The molecule has 1 amide bonds. The fourth-order valence-corrected chi connectivity index (χ4v) is 3.90. The molecule has 0 radical (unpaired) electrons. The van der Waals surface area contributed by atoms with Crippen molar-refractivity contribution in [2.45, 2.75) is 9.24 Å². The molecule has 0 spiro atoms. The minimum Gasteiger partial charge on any atom is -0.320 e. The lowest BCUT2D eigenvalue weighted by Gasteiger charge is -1.94. The van der Waals surface area contributed by atoms with Crippen LogP contribution in [-0.2, 0) is 4.79 Å². The molecule has 4 rings (SSSR count). The van der Waals surface area contributed by atoms with Gasteiger partial charge in [-0.25, -0.2) is 4.99 Å². The van der Waals surface area contributed by atoms with Crippen LogP contribution in [0.25, 0.3) is 0 Å². The fourth-order valence-electron chi connectivity index (χ4n) is 2.19. The number of para-hydroxylation sites is 1. The average molecular weight is 338 g/mol. The number of anilines is 1. The summed E-state index contributed by atoms with van der Waals surface area (Å²) in [4.78, 5) is 17.5. The topological polar surface area (TPSA) is 67.2 Å². The minimum atomic E-state index is -0.210. The summed E-state index contributed by atoms with van der Waals surface area (Å²) in [5.74, 6) is -0.210. The minimum absolute atomic E-state index is 0.210. The Morgan fingerprint density at radius 2 is 1.78 bits per heavy atom. The van der Waals surface area contributed by atoms with Gasteiger partial charge in [-0.2, -0.15) is 0 Å². The van der Waals surface area contributed by atoms with Crippen LogP contribution in [0.3, 0.4) is 0 Å². The van der Waals surface area contributed by atoms with Gasteiger partial charge in [0.15, 0.2) is 4.34 Å². The highest BCUT2D eigenvalue weighted by molar-refractivity contribution is 8.01. The van der Waals surface area contributed by atoms with Crippen LogP contribution in [0.1, 0.15) is 5.56 Å². The Kier molecular flexibility index (Phi) is 3.64. The largest absolute Gasteiger partial charge is 0.320 e. The Morgan fingerprint density at radius 1 is 1.00 bits per heavy atom. The normalized spacial score (nSPS) is 14.8. The lowest BCUT2D eigenvalue weighted by molar-refractivity contribution is -0.110. The maximum atomic E-state index is 12.0. The van der Waals surface area contributed by atoms with E-state index in [1.54, 1.807) is 0 Å². The molecule has 0 atom stereocenters. The summed E-state index contributed by atoms with van der Waals surface area (Å²) in [6.45, 7) is 0. The van der Waals surface area contributed by atoms with E-state index in [1.165, 1.54) is 23.1 Å². The maximum Gasteiger partial charge on any atom is 0.275 e. The number of fused-ring (bicyclic) bond motifs is 1. The number of aliphatic imine (C=N–C) groups is 1. The molecular formula is C16H10N4OS2. The van der Waals surface area contributed by atoms with Crippen molar-refractivity contribution in [3.05, 3.63) is 60.2 Å². The van der Waals surface area contributed by atoms with Crippen molar-refractivity contribution in [1.82, 2.24) is 10.2 Å². The third-order valence-corrected chi connectivity index (χ3v) is 5.07. The van der Waals surface area contributed by atoms with Crippen molar-refractivity contribution >= 4 is 45.5 Å². The molecule has 1 aliphatic heterocycles. The van der Waals surface area contributed by atoms with Gasteiger partial charge >= 0.3 is 0 Å². The van der Waals surface area contributed by atoms with E-state index >= 15 is 0 Å². The fraction of sp³-hybridized carbons (Fsp3) is 0. The van der Waals surface area contributed by atoms with E-state index in [2.05, 4.69) is 20.5 Å². The molecule has 1 aromatic heterocycles. The number of rotatable bonds is 3. The quantitative estimate of drug-likeness (QED) is 0.789. The zero-order valence-electron chi connectivity index (χ0n) is 11.8. The first-order chi connectivity index (χ1) is 11.3. The van der Waals surface area contributed by atoms with E-state index in [1.807, 2.05) is 54.6 Å². The SMILES string of the molecule is O=C1Nc2ccccc2/C1=N/c1nnc(Sc2ccccc2)s1. The van der Waals surface area contributed by atoms with Gasteiger partial charge in [0.05, 0.1) is 5.69 Å². The average Bonchev–Trinajstić information content (AvgIpc) is 3.14. The van der Waals surface area contributed by atoms with E-state index in [4.69, 9.17) is 0 Å². The molecule has 0 saturated heterocycles. The lowest BCUT2D eigenvalue weighted by atomic mass is 10.1. The number of amides is 1. The summed E-state index contributed by atoms with van der Waals surface area (Å²) in [6.07, 6.45) is 0. The molecule has 0 aliphatic carbocycles. The van der Waals surface area contributed by atoms with Crippen LogP contribution >= 0.6 is 23.1 Å². The Morgan fingerprint density at radius 3 is 2.65 bits per heavy atom. The van der Waals surface area contributed by atoms with E-state index in [0.717, 1.165) is 20.5 Å². The van der Waals surface area contributed by atoms with Crippen LogP contribution < -0.4 is 5.32 Å². The molecule has 0 unspecified atom stereocenters. The number of aromatic nitrogens is 2. The molecule has 2 aromatic carbocycles. The molecular weight excluding hydrogens is 328 g/mol. The zero-order chi connectivity index (χ0) is 15.6. The van der Waals surface area contributed by atoms with E-state index in [9.17, 15) is 4.79 Å². The second-order valence-electron chi connectivity index (χ2n) is 4.73. The number of hydrogen-bond donors (Lipinski definition) is 1. The Bertz CT molecular complexity index is 905. The molecule has 1 aliphatic rings. The zero-order valence-corrected chi connectivity index (χ0v) is 13.4. The third-order valence-electron chi connectivity index (χ3n) is 3.20. The monoisotopic (exact) mass is 338 g/mol. The highest BCUT2D eigenvalue weighted by atomic mass is 32.2. The van der Waals surface area contributed by atoms with Crippen molar-refractivity contribution < 1.29 is 4.79 Å². The maximum absolute atomic E-state index is 12.0. The van der Waals surface area contributed by atoms with Crippen LogP contribution in [0.4, 0.5) is 10.8 Å². The summed E-state index contributed by atoms with van der Waals surface area (Å²) in [5.41, 5.74) is 1.96. The molecule has 112 valence electrons. The second kappa shape index (κ2) is 5.94. The molecule has 1 N–H and O–H groups in total. The van der Waals surface area contributed by atoms with Gasteiger partial charge in [-0.1, -0.05) is 59.5 Å². The smallest absolute Gasteiger partial charge is 0.275 e. The van der Waals surface area contributed by atoms with Crippen molar-refractivity contribution in [2.24, 2.45) is 4.99 Å². The van der Waals surface area contributed by atoms with Gasteiger partial charge < -0.3 is 5.32 Å². The number of carbonyl (C=O) groups excluding carboxylic acids is 1. The third kappa shape index (κ3) is 2.88. The molecule has 5 nitrogen and oxygen atoms in total. The van der Waals surface area contributed by atoms with E-state index in [0.29, 0.717) is 10.8 Å². The first-order valence-electron chi connectivity index (χ1n) is 6.85. The highest BCUT2D eigenvalue weighted by Gasteiger charge is 2.25. The summed E-state index contributed by atoms with van der Waals surface area (Å²) in [6, 6.07) is 17.4. The molecule has 2 heterocycles. The van der Waals surface area contributed by atoms with E-state index in [-0.39, 0.29) is 5.91 Å². The van der Waals surface area contributed by atoms with Crippen LogP contribution in [0.15, 0.2) is 68.8 Å². The van der Waals surface area contributed by atoms with Crippen molar-refractivity contribution in [1.29, 1.82) is 0 Å². The van der Waals surface area contributed by atoms with Crippen molar-refractivity contribution in [3.63, 3.8) is 0 Å². The second-order valence-corrected chi connectivity index (χ2v) is 7.00. The number of nitrogens with one attached hydrogen (secondary N) is 1. The molecule has 3 aromatic rings. The van der Waals surface area contributed by atoms with Crippen molar-refractivity contribution in [2.75, 3.05) is 5.32 Å². The van der Waals surface area contributed by atoms with E-state index < -0.39 is 0 Å². The van der Waals surface area contributed by atoms with Crippen LogP contribution in [-0.4, -0.2) is 21.8 Å². The summed E-state index contributed by atoms with van der Waals surface area (Å²) in [7, 11) is 0. The van der Waals surface area contributed by atoms with Gasteiger partial charge in [-0.15, -0.1) is 10.2 Å². The summed E-state index contributed by atoms with van der Waals surface area (Å²) < 4.78 is 0.794. The van der Waals surface area contributed by atoms with Crippen molar-refractivity contribution in [3.8, 4) is 0 Å². The number of nitrogens with zero attached hydrogens (tertiary/aromatic N) is 3. The lowest BCUT2D eigenvalue weighted by Crippen LogP contribution is -2.13. The summed E-state index contributed by atoms with van der Waals surface area (Å²) in [5, 5.41) is 11.5. The van der Waals surface area contributed by atoms with Gasteiger partial charge in [0.1, 0.15) is 5.71 Å². The van der Waals surface area contributed by atoms with Gasteiger partial charge in [0.2, 0.25) is 5.13 Å².